The summed E-state index contributed by atoms with van der Waals surface area (Å²) in [6, 6.07) is 1.74. The molecule has 1 fully saturated rings. The number of nitrogens with two attached hydrogens (primary N) is 2. The lowest BCUT2D eigenvalue weighted by atomic mass is 10.0. The fourth-order valence-electron chi connectivity index (χ4n) is 2.74. The average molecular weight is 291 g/mol. The van der Waals surface area contributed by atoms with Crippen LogP contribution in [0.3, 0.4) is 0 Å². The van der Waals surface area contributed by atoms with Crippen LogP contribution in [-0.4, -0.2) is 28.5 Å². The predicted molar refractivity (Wildman–Crippen MR) is 80.7 cm³/mol. The number of aryl methyl sites for hydroxylation is 1. The number of amides is 1. The number of primary amides is 1. The van der Waals surface area contributed by atoms with Crippen LogP contribution >= 0.6 is 11.3 Å². The summed E-state index contributed by atoms with van der Waals surface area (Å²) >= 11 is 1.58. The third kappa shape index (κ3) is 2.18. The van der Waals surface area contributed by atoms with E-state index < -0.39 is 0 Å². The van der Waals surface area contributed by atoms with Crippen molar-refractivity contribution < 1.29 is 4.79 Å². The molecule has 3 heterocycles. The summed E-state index contributed by atoms with van der Waals surface area (Å²) in [7, 11) is 0. The van der Waals surface area contributed by atoms with E-state index in [4.69, 9.17) is 11.5 Å². The number of hydrogen-bond donors (Lipinski definition) is 2. The number of nitrogens with zero attached hydrogens (tertiary/aromatic N) is 3. The first kappa shape index (κ1) is 13.1. The number of piperidine rings is 1. The molecule has 2 aromatic rings. The molecule has 6 nitrogen and oxygen atoms in total. The van der Waals surface area contributed by atoms with E-state index in [0.717, 1.165) is 46.7 Å². The normalized spacial score (nSPS) is 19.4. The second-order valence-electron chi connectivity index (χ2n) is 5.09. The standard InChI is InChI=1S/C13H17N5OS/c1-7-6-8-11(16-13(15)17-12(8)20-7)18-5-3-2-4-9(18)10(14)19/h6,9H,2-5H2,1H3,(H2,14,19)(H2,15,16,17). The van der Waals surface area contributed by atoms with Crippen LogP contribution < -0.4 is 16.4 Å². The average Bonchev–Trinajstić information content (AvgIpc) is 2.77. The Morgan fingerprint density at radius 2 is 2.25 bits per heavy atom. The number of carbonyl (C=O) groups excluding carboxylic acids is 1. The molecule has 0 bridgehead atoms. The van der Waals surface area contributed by atoms with Gasteiger partial charge >= 0.3 is 0 Å². The van der Waals surface area contributed by atoms with Gasteiger partial charge in [0.1, 0.15) is 16.7 Å². The lowest BCUT2D eigenvalue weighted by Gasteiger charge is -2.34. The molecule has 1 amide bonds. The third-order valence-electron chi connectivity index (χ3n) is 3.62. The molecule has 1 saturated heterocycles. The van der Waals surface area contributed by atoms with Gasteiger partial charge in [0, 0.05) is 11.4 Å². The zero-order chi connectivity index (χ0) is 14.3. The molecule has 1 unspecified atom stereocenters. The molecule has 1 atom stereocenters. The fourth-order valence-corrected chi connectivity index (χ4v) is 3.62. The molecule has 4 N–H and O–H groups in total. The van der Waals surface area contributed by atoms with Crippen molar-refractivity contribution in [3.8, 4) is 0 Å². The second-order valence-corrected chi connectivity index (χ2v) is 6.32. The van der Waals surface area contributed by atoms with Crippen molar-refractivity contribution in [3.05, 3.63) is 10.9 Å². The van der Waals surface area contributed by atoms with Crippen molar-refractivity contribution in [1.82, 2.24) is 9.97 Å². The Bertz CT molecular complexity index is 668. The first-order valence-corrected chi connectivity index (χ1v) is 7.47. The molecule has 1 aliphatic heterocycles. The van der Waals surface area contributed by atoms with E-state index in [1.54, 1.807) is 11.3 Å². The predicted octanol–water partition coefficient (Wildman–Crippen LogP) is 1.43. The minimum atomic E-state index is -0.304. The Kier molecular flexibility index (Phi) is 3.21. The molecule has 2 aromatic heterocycles. The van der Waals surface area contributed by atoms with Gasteiger partial charge in [-0.3, -0.25) is 4.79 Å². The van der Waals surface area contributed by atoms with Crippen LogP contribution in [0.25, 0.3) is 10.2 Å². The van der Waals surface area contributed by atoms with Crippen molar-refractivity contribution in [2.24, 2.45) is 5.73 Å². The highest BCUT2D eigenvalue weighted by molar-refractivity contribution is 7.18. The van der Waals surface area contributed by atoms with Crippen molar-refractivity contribution >= 4 is 39.2 Å². The summed E-state index contributed by atoms with van der Waals surface area (Å²) in [6.07, 6.45) is 2.80. The summed E-state index contributed by atoms with van der Waals surface area (Å²) in [5.74, 6) is 0.672. The zero-order valence-electron chi connectivity index (χ0n) is 11.3. The van der Waals surface area contributed by atoms with Gasteiger partial charge in [0.25, 0.3) is 0 Å². The smallest absolute Gasteiger partial charge is 0.240 e. The Hall–Kier alpha value is -1.89. The summed E-state index contributed by atoms with van der Waals surface area (Å²) in [6.45, 7) is 2.79. The van der Waals surface area contributed by atoms with Gasteiger partial charge in [0.2, 0.25) is 11.9 Å². The number of fused-ring (bicyclic) bond motifs is 1. The lowest BCUT2D eigenvalue weighted by Crippen LogP contribution is -2.48. The molecule has 20 heavy (non-hydrogen) atoms. The second kappa shape index (κ2) is 4.90. The first-order chi connectivity index (χ1) is 9.56. The maximum atomic E-state index is 11.7. The third-order valence-corrected chi connectivity index (χ3v) is 4.56. The number of thiophene rings is 1. The Balaban J connectivity index is 2.14. The van der Waals surface area contributed by atoms with Gasteiger partial charge in [0.15, 0.2) is 0 Å². The zero-order valence-corrected chi connectivity index (χ0v) is 12.1. The van der Waals surface area contributed by atoms with E-state index in [2.05, 4.69) is 9.97 Å². The van der Waals surface area contributed by atoms with Gasteiger partial charge < -0.3 is 16.4 Å². The molecular formula is C13H17N5OS. The molecule has 7 heteroatoms. The number of hydrogen-bond acceptors (Lipinski definition) is 6. The summed E-state index contributed by atoms with van der Waals surface area (Å²) in [5.41, 5.74) is 11.3. The highest BCUT2D eigenvalue weighted by Gasteiger charge is 2.29. The van der Waals surface area contributed by atoms with Crippen molar-refractivity contribution in [2.75, 3.05) is 17.2 Å². The van der Waals surface area contributed by atoms with Gasteiger partial charge in [0.05, 0.1) is 5.39 Å². The van der Waals surface area contributed by atoms with Crippen molar-refractivity contribution in [1.29, 1.82) is 0 Å². The number of nitrogen functional groups attached to an aromatic ring is 1. The van der Waals surface area contributed by atoms with Crippen molar-refractivity contribution in [2.45, 2.75) is 32.2 Å². The van der Waals surface area contributed by atoms with Crippen LogP contribution in [0.5, 0.6) is 0 Å². The topological polar surface area (TPSA) is 98.1 Å². The van der Waals surface area contributed by atoms with Crippen LogP contribution in [0.2, 0.25) is 0 Å². The van der Waals surface area contributed by atoms with Crippen LogP contribution in [0, 0.1) is 6.92 Å². The van der Waals surface area contributed by atoms with Gasteiger partial charge in [-0.25, -0.2) is 4.98 Å². The highest BCUT2D eigenvalue weighted by atomic mass is 32.1. The lowest BCUT2D eigenvalue weighted by molar-refractivity contribution is -0.119. The molecule has 0 aliphatic carbocycles. The quantitative estimate of drug-likeness (QED) is 0.872. The highest BCUT2D eigenvalue weighted by Crippen LogP contribution is 2.34. The summed E-state index contributed by atoms with van der Waals surface area (Å²) < 4.78 is 0. The summed E-state index contributed by atoms with van der Waals surface area (Å²) in [4.78, 5) is 24.3. The summed E-state index contributed by atoms with van der Waals surface area (Å²) in [5, 5.41) is 0.954. The van der Waals surface area contributed by atoms with Gasteiger partial charge in [-0.1, -0.05) is 0 Å². The maximum Gasteiger partial charge on any atom is 0.240 e. The Morgan fingerprint density at radius 3 is 3.00 bits per heavy atom. The van der Waals surface area contributed by atoms with Crippen LogP contribution in [0.4, 0.5) is 11.8 Å². The molecular weight excluding hydrogens is 274 g/mol. The van der Waals surface area contributed by atoms with Crippen molar-refractivity contribution in [3.63, 3.8) is 0 Å². The van der Waals surface area contributed by atoms with Gasteiger partial charge in [-0.2, -0.15) is 4.98 Å². The fraction of sp³-hybridized carbons (Fsp3) is 0.462. The minimum Gasteiger partial charge on any atom is -0.368 e. The van der Waals surface area contributed by atoms with E-state index in [1.807, 2.05) is 17.9 Å². The van der Waals surface area contributed by atoms with Crippen LogP contribution in [0.1, 0.15) is 24.1 Å². The SMILES string of the molecule is Cc1cc2c(N3CCCCC3C(N)=O)nc(N)nc2s1. The number of rotatable bonds is 2. The number of aromatic nitrogens is 2. The molecule has 0 radical (unpaired) electrons. The van der Waals surface area contributed by atoms with Crippen LogP contribution in [0.15, 0.2) is 6.07 Å². The number of carbonyl (C=O) groups is 1. The molecule has 106 valence electrons. The molecule has 1 aliphatic rings. The monoisotopic (exact) mass is 291 g/mol. The minimum absolute atomic E-state index is 0.239. The molecule has 0 saturated carbocycles. The number of anilines is 2. The van der Waals surface area contributed by atoms with Gasteiger partial charge in [-0.15, -0.1) is 11.3 Å². The Morgan fingerprint density at radius 1 is 1.45 bits per heavy atom. The maximum absolute atomic E-state index is 11.7. The van der Waals surface area contributed by atoms with E-state index >= 15 is 0 Å². The largest absolute Gasteiger partial charge is 0.368 e. The van der Waals surface area contributed by atoms with E-state index in [1.165, 1.54) is 0 Å². The Labute approximate surface area is 120 Å². The van der Waals surface area contributed by atoms with E-state index in [-0.39, 0.29) is 17.9 Å². The van der Waals surface area contributed by atoms with E-state index in [9.17, 15) is 4.79 Å². The molecule has 3 rings (SSSR count). The van der Waals surface area contributed by atoms with Crippen LogP contribution in [-0.2, 0) is 4.79 Å². The first-order valence-electron chi connectivity index (χ1n) is 6.66. The van der Waals surface area contributed by atoms with Gasteiger partial charge in [-0.05, 0) is 32.3 Å². The molecule has 0 spiro atoms. The molecule has 0 aromatic carbocycles. The van der Waals surface area contributed by atoms with E-state index in [0.29, 0.717) is 0 Å².